The molecule has 2 aromatic heterocycles. The maximum absolute atomic E-state index is 6.38. The average Bonchev–Trinajstić information content (AvgIpc) is 3.61. The van der Waals surface area contributed by atoms with Crippen LogP contribution in [0.2, 0.25) is 0 Å². The van der Waals surface area contributed by atoms with E-state index >= 15 is 0 Å². The molecule has 6 rings (SSSR count). The van der Waals surface area contributed by atoms with Crippen LogP contribution in [0.25, 0.3) is 33.6 Å². The summed E-state index contributed by atoms with van der Waals surface area (Å²) in [5.74, 6) is 2.15. The molecule has 0 spiro atoms. The van der Waals surface area contributed by atoms with Gasteiger partial charge in [0.05, 0.1) is 18.1 Å². The Morgan fingerprint density at radius 3 is 2.65 bits per heavy atom. The lowest BCUT2D eigenvalue weighted by atomic mass is 10.1. The smallest absolute Gasteiger partial charge is 0.179 e. The molecule has 37 heavy (non-hydrogen) atoms. The number of nitrogens with zero attached hydrogens (tertiary/aromatic N) is 5. The molecule has 2 aliphatic heterocycles. The van der Waals surface area contributed by atoms with E-state index in [0.717, 1.165) is 92.8 Å². The second-order valence-electron chi connectivity index (χ2n) is 9.50. The highest BCUT2D eigenvalue weighted by Gasteiger charge is 2.22. The van der Waals surface area contributed by atoms with Crippen molar-refractivity contribution in [3.05, 3.63) is 42.5 Å². The fourth-order valence-corrected chi connectivity index (χ4v) is 5.04. The molecule has 0 unspecified atom stereocenters. The number of tetrazole rings is 1. The predicted octanol–water partition coefficient (Wildman–Crippen LogP) is 3.71. The van der Waals surface area contributed by atoms with Gasteiger partial charge in [0.25, 0.3) is 0 Å². The largest absolute Gasteiger partial charge is 0.490 e. The van der Waals surface area contributed by atoms with E-state index in [1.54, 1.807) is 0 Å². The molecule has 2 aromatic carbocycles. The number of benzene rings is 2. The van der Waals surface area contributed by atoms with Gasteiger partial charge in [-0.05, 0) is 79.5 Å². The molecule has 196 valence electrons. The Morgan fingerprint density at radius 1 is 0.973 bits per heavy atom. The number of hydrogen-bond donors (Lipinski definition) is 2. The van der Waals surface area contributed by atoms with Crippen molar-refractivity contribution in [2.45, 2.75) is 37.9 Å². The number of nitrogens with one attached hydrogen (secondary N) is 2. The lowest BCUT2D eigenvalue weighted by Crippen LogP contribution is -2.40. The lowest BCUT2D eigenvalue weighted by Gasteiger charge is -2.32. The van der Waals surface area contributed by atoms with Crippen LogP contribution in [0.5, 0.6) is 5.75 Å². The molecule has 4 aromatic rings. The summed E-state index contributed by atoms with van der Waals surface area (Å²) in [6.07, 6.45) is 4.90. The lowest BCUT2D eigenvalue weighted by molar-refractivity contribution is 0.0111. The molecule has 0 amide bonds. The van der Waals surface area contributed by atoms with Crippen LogP contribution in [-0.2, 0) is 4.74 Å². The molecular weight excluding hydrogens is 494 g/mol. The predicted molar refractivity (Wildman–Crippen MR) is 142 cm³/mol. The van der Waals surface area contributed by atoms with Gasteiger partial charge in [-0.25, -0.2) is 5.10 Å². The van der Waals surface area contributed by atoms with E-state index in [2.05, 4.69) is 36.0 Å². The molecule has 2 aliphatic rings. The molecule has 2 N–H and O–H groups in total. The first-order chi connectivity index (χ1) is 17.8. The van der Waals surface area contributed by atoms with Crippen molar-refractivity contribution in [1.29, 1.82) is 0 Å². The zero-order valence-electron chi connectivity index (χ0n) is 20.6. The second-order valence-corrected chi connectivity index (χ2v) is 9.50. The average molecular weight is 526 g/mol. The molecule has 10 nitrogen and oxygen atoms in total. The van der Waals surface area contributed by atoms with Crippen molar-refractivity contribution in [3.8, 4) is 28.5 Å². The van der Waals surface area contributed by atoms with E-state index in [1.165, 1.54) is 0 Å². The Bertz CT molecular complexity index is 1270. The number of piperidine rings is 2. The van der Waals surface area contributed by atoms with Gasteiger partial charge in [-0.1, -0.05) is 17.3 Å². The van der Waals surface area contributed by atoms with Crippen molar-refractivity contribution >= 4 is 23.3 Å². The molecule has 0 bridgehead atoms. The number of rotatable bonds is 8. The summed E-state index contributed by atoms with van der Waals surface area (Å²) in [5, 5.41) is 22.6. The zero-order valence-corrected chi connectivity index (χ0v) is 21.5. The number of ether oxygens (including phenoxy) is 2. The standard InChI is InChI=1S/C26H31N7O3.ClH/c1-2-18(25-23-17-19(26-28-31-32-29-26)4-5-24(23)30-36-25)16-22(3-1)35-21-8-12-33(13-9-21)14-15-34-20-6-10-27-11-7-20;/h1-5,16-17,20-21,27H,6-15H2,(H,28,29,31,32);1H. The van der Waals surface area contributed by atoms with Crippen LogP contribution in [0.4, 0.5) is 0 Å². The van der Waals surface area contributed by atoms with Crippen molar-refractivity contribution in [2.24, 2.45) is 0 Å². The Kier molecular flexibility index (Phi) is 8.30. The summed E-state index contributed by atoms with van der Waals surface area (Å²) in [6, 6.07) is 13.9. The van der Waals surface area contributed by atoms with E-state index in [1.807, 2.05) is 42.5 Å². The number of aromatic amines is 1. The van der Waals surface area contributed by atoms with Gasteiger partial charge in [0.15, 0.2) is 11.6 Å². The Hall–Kier alpha value is -3.05. The first kappa shape index (κ1) is 25.6. The molecule has 0 saturated carbocycles. The summed E-state index contributed by atoms with van der Waals surface area (Å²) in [6.45, 7) is 6.03. The number of hydrogen-bond acceptors (Lipinski definition) is 9. The normalized spacial score (nSPS) is 17.6. The first-order valence-corrected chi connectivity index (χ1v) is 12.8. The Morgan fingerprint density at radius 2 is 1.84 bits per heavy atom. The van der Waals surface area contributed by atoms with Gasteiger partial charge in [0, 0.05) is 30.8 Å². The highest BCUT2D eigenvalue weighted by molar-refractivity contribution is 5.94. The van der Waals surface area contributed by atoms with Crippen LogP contribution >= 0.6 is 12.4 Å². The van der Waals surface area contributed by atoms with Gasteiger partial charge in [-0.3, -0.25) is 0 Å². The Balaban J connectivity index is 0.00000280. The topological polar surface area (TPSA) is 114 Å². The van der Waals surface area contributed by atoms with Crippen molar-refractivity contribution in [1.82, 2.24) is 36.0 Å². The monoisotopic (exact) mass is 525 g/mol. The third-order valence-corrected chi connectivity index (χ3v) is 7.08. The quantitative estimate of drug-likeness (QED) is 0.355. The number of fused-ring (bicyclic) bond motifs is 1. The molecule has 0 aliphatic carbocycles. The van der Waals surface area contributed by atoms with E-state index in [9.17, 15) is 0 Å². The van der Waals surface area contributed by atoms with Gasteiger partial charge in [-0.2, -0.15) is 0 Å². The molecule has 2 fully saturated rings. The summed E-state index contributed by atoms with van der Waals surface area (Å²) in [5.41, 5.74) is 2.58. The first-order valence-electron chi connectivity index (χ1n) is 12.8. The van der Waals surface area contributed by atoms with Gasteiger partial charge >= 0.3 is 0 Å². The van der Waals surface area contributed by atoms with Crippen LogP contribution < -0.4 is 10.1 Å². The third kappa shape index (κ3) is 6.10. The fourth-order valence-electron chi connectivity index (χ4n) is 5.04. The highest BCUT2D eigenvalue weighted by atomic mass is 35.5. The molecule has 2 saturated heterocycles. The zero-order chi connectivity index (χ0) is 24.2. The van der Waals surface area contributed by atoms with E-state index in [0.29, 0.717) is 17.7 Å². The summed E-state index contributed by atoms with van der Waals surface area (Å²) in [4.78, 5) is 2.49. The van der Waals surface area contributed by atoms with Crippen LogP contribution in [0.15, 0.2) is 47.0 Å². The summed E-state index contributed by atoms with van der Waals surface area (Å²) < 4.78 is 18.2. The van der Waals surface area contributed by atoms with E-state index in [-0.39, 0.29) is 18.5 Å². The number of H-pyrrole nitrogens is 1. The van der Waals surface area contributed by atoms with Gasteiger partial charge < -0.3 is 24.2 Å². The van der Waals surface area contributed by atoms with Crippen LogP contribution in [0.1, 0.15) is 25.7 Å². The van der Waals surface area contributed by atoms with E-state index in [4.69, 9.17) is 14.0 Å². The van der Waals surface area contributed by atoms with Crippen LogP contribution in [-0.4, -0.2) is 82.2 Å². The Labute approximate surface area is 221 Å². The maximum atomic E-state index is 6.38. The molecule has 0 radical (unpaired) electrons. The maximum Gasteiger partial charge on any atom is 0.179 e. The van der Waals surface area contributed by atoms with Gasteiger partial charge in [0.2, 0.25) is 0 Å². The van der Waals surface area contributed by atoms with Gasteiger partial charge in [-0.15, -0.1) is 17.5 Å². The molecular formula is C26H32ClN7O3. The minimum absolute atomic E-state index is 0. The molecule has 4 heterocycles. The highest BCUT2D eigenvalue weighted by Crippen LogP contribution is 2.33. The van der Waals surface area contributed by atoms with Crippen molar-refractivity contribution in [2.75, 3.05) is 39.3 Å². The number of likely N-dealkylation sites (tertiary alicyclic amines) is 1. The minimum Gasteiger partial charge on any atom is -0.490 e. The fraction of sp³-hybridized carbons (Fsp3) is 0.462. The summed E-state index contributed by atoms with van der Waals surface area (Å²) in [7, 11) is 0. The number of aromatic nitrogens is 5. The second kappa shape index (κ2) is 12.0. The minimum atomic E-state index is 0. The SMILES string of the molecule is Cl.c1cc(OC2CCN(CCOC3CCNCC3)CC2)cc(-c2onc3ccc(-c4nnn[nH]4)cc23)c1. The number of halogens is 1. The summed E-state index contributed by atoms with van der Waals surface area (Å²) >= 11 is 0. The van der Waals surface area contributed by atoms with Crippen molar-refractivity contribution < 1.29 is 14.0 Å². The molecule has 11 heteroatoms. The van der Waals surface area contributed by atoms with E-state index < -0.39 is 0 Å². The third-order valence-electron chi connectivity index (χ3n) is 7.08. The molecule has 0 atom stereocenters. The van der Waals surface area contributed by atoms with Crippen LogP contribution in [0.3, 0.4) is 0 Å². The van der Waals surface area contributed by atoms with Crippen LogP contribution in [0, 0.1) is 0 Å². The van der Waals surface area contributed by atoms with Crippen molar-refractivity contribution in [3.63, 3.8) is 0 Å². The van der Waals surface area contributed by atoms with Gasteiger partial charge in [0.1, 0.15) is 17.4 Å².